The third-order valence-electron chi connectivity index (χ3n) is 5.79. The second-order valence-corrected chi connectivity index (χ2v) is 8.89. The third kappa shape index (κ3) is 18.4. The highest BCUT2D eigenvalue weighted by atomic mass is 16.3. The van der Waals surface area contributed by atoms with E-state index in [1.807, 2.05) is 6.08 Å². The number of rotatable bonds is 22. The van der Waals surface area contributed by atoms with Gasteiger partial charge in [-0.05, 0) is 38.5 Å². The SMILES string of the molecule is CCCC/C=C\CCCCCC(O)C(=O)NC(CO)C(O)/C=C/CCCCCCCCC. The number of aliphatic hydroxyl groups excluding tert-OH is 3. The molecule has 0 spiro atoms. The first kappa shape index (κ1) is 30.8. The predicted octanol–water partition coefficient (Wildman–Crippen LogP) is 5.58. The van der Waals surface area contributed by atoms with Crippen LogP contribution in [-0.4, -0.2) is 46.1 Å². The minimum atomic E-state index is -1.10. The van der Waals surface area contributed by atoms with Crippen molar-refractivity contribution in [1.82, 2.24) is 5.32 Å². The van der Waals surface area contributed by atoms with E-state index in [9.17, 15) is 20.1 Å². The van der Waals surface area contributed by atoms with Gasteiger partial charge in [-0.2, -0.15) is 0 Å². The van der Waals surface area contributed by atoms with Crippen LogP contribution in [0.15, 0.2) is 24.3 Å². The molecule has 0 heterocycles. The molecule has 0 aromatic carbocycles. The average Bonchev–Trinajstić information content (AvgIpc) is 2.79. The zero-order valence-electron chi connectivity index (χ0n) is 20.8. The van der Waals surface area contributed by atoms with E-state index in [1.54, 1.807) is 6.08 Å². The standard InChI is InChI=1S/C27H51NO4/c1-3-5-7-9-11-13-15-17-19-21-25(30)24(23-29)28-27(32)26(31)22-20-18-16-14-12-10-8-6-4-2/h10,12,19,21,24-26,29-31H,3-9,11,13-18,20,22-23H2,1-2H3,(H,28,32)/b12-10-,21-19+. The highest BCUT2D eigenvalue weighted by molar-refractivity contribution is 5.80. The summed E-state index contributed by atoms with van der Waals surface area (Å²) in [5.74, 6) is -0.525. The fourth-order valence-corrected chi connectivity index (χ4v) is 3.57. The summed E-state index contributed by atoms with van der Waals surface area (Å²) < 4.78 is 0. The Morgan fingerprint density at radius 1 is 0.750 bits per heavy atom. The summed E-state index contributed by atoms with van der Waals surface area (Å²) >= 11 is 0. The van der Waals surface area contributed by atoms with E-state index in [-0.39, 0.29) is 6.61 Å². The normalized spacial score (nSPS) is 14.8. The summed E-state index contributed by atoms with van der Waals surface area (Å²) in [4.78, 5) is 12.2. The van der Waals surface area contributed by atoms with Gasteiger partial charge in [0.1, 0.15) is 6.10 Å². The summed E-state index contributed by atoms with van der Waals surface area (Å²) in [7, 11) is 0. The van der Waals surface area contributed by atoms with Crippen molar-refractivity contribution >= 4 is 5.91 Å². The summed E-state index contributed by atoms with van der Waals surface area (Å²) in [5.41, 5.74) is 0. The van der Waals surface area contributed by atoms with Crippen LogP contribution in [0.3, 0.4) is 0 Å². The lowest BCUT2D eigenvalue weighted by molar-refractivity contribution is -0.131. The van der Waals surface area contributed by atoms with Crippen LogP contribution in [0.5, 0.6) is 0 Å². The van der Waals surface area contributed by atoms with Crippen molar-refractivity contribution in [2.75, 3.05) is 6.61 Å². The fourth-order valence-electron chi connectivity index (χ4n) is 3.57. The van der Waals surface area contributed by atoms with E-state index in [0.29, 0.717) is 6.42 Å². The van der Waals surface area contributed by atoms with Crippen LogP contribution >= 0.6 is 0 Å². The van der Waals surface area contributed by atoms with E-state index in [2.05, 4.69) is 31.3 Å². The number of allylic oxidation sites excluding steroid dienone is 3. The Labute approximate surface area is 197 Å². The molecule has 0 saturated carbocycles. The van der Waals surface area contributed by atoms with Gasteiger partial charge in [0, 0.05) is 0 Å². The maximum absolute atomic E-state index is 12.2. The van der Waals surface area contributed by atoms with Gasteiger partial charge in [-0.15, -0.1) is 0 Å². The Kier molecular flexibility index (Phi) is 22.2. The molecule has 5 nitrogen and oxygen atoms in total. The molecule has 0 aromatic heterocycles. The monoisotopic (exact) mass is 453 g/mol. The Morgan fingerprint density at radius 3 is 1.91 bits per heavy atom. The molecule has 32 heavy (non-hydrogen) atoms. The quantitative estimate of drug-likeness (QED) is 0.127. The zero-order valence-corrected chi connectivity index (χ0v) is 20.8. The first-order valence-corrected chi connectivity index (χ1v) is 13.2. The smallest absolute Gasteiger partial charge is 0.249 e. The number of carbonyl (C=O) groups is 1. The number of hydrogen-bond donors (Lipinski definition) is 4. The van der Waals surface area contributed by atoms with Gasteiger partial charge in [-0.1, -0.05) is 102 Å². The molecule has 188 valence electrons. The molecule has 0 fully saturated rings. The maximum atomic E-state index is 12.2. The van der Waals surface area contributed by atoms with Gasteiger partial charge in [0.15, 0.2) is 0 Å². The first-order chi connectivity index (χ1) is 15.6. The van der Waals surface area contributed by atoms with Gasteiger partial charge in [0.05, 0.1) is 18.8 Å². The fraction of sp³-hybridized carbons (Fsp3) is 0.815. The number of nitrogens with one attached hydrogen (secondary N) is 1. The van der Waals surface area contributed by atoms with Gasteiger partial charge in [0.2, 0.25) is 5.91 Å². The van der Waals surface area contributed by atoms with Crippen LogP contribution in [0, 0.1) is 0 Å². The second-order valence-electron chi connectivity index (χ2n) is 8.89. The summed E-state index contributed by atoms with van der Waals surface area (Å²) in [6.45, 7) is 4.04. The molecule has 1 amide bonds. The Bertz CT molecular complexity index is 478. The lowest BCUT2D eigenvalue weighted by Crippen LogP contribution is -2.48. The summed E-state index contributed by atoms with van der Waals surface area (Å²) in [6.07, 6.45) is 23.3. The van der Waals surface area contributed by atoms with Crippen LogP contribution in [0.4, 0.5) is 0 Å². The molecule has 0 rings (SSSR count). The van der Waals surface area contributed by atoms with E-state index < -0.39 is 24.2 Å². The molecule has 3 unspecified atom stereocenters. The maximum Gasteiger partial charge on any atom is 0.249 e. The van der Waals surface area contributed by atoms with Crippen LogP contribution in [0.2, 0.25) is 0 Å². The third-order valence-corrected chi connectivity index (χ3v) is 5.79. The summed E-state index contributed by atoms with van der Waals surface area (Å²) in [5, 5.41) is 32.4. The Hall–Kier alpha value is -1.17. The highest BCUT2D eigenvalue weighted by Crippen LogP contribution is 2.10. The van der Waals surface area contributed by atoms with Gasteiger partial charge < -0.3 is 20.6 Å². The second kappa shape index (κ2) is 23.0. The molecule has 0 bridgehead atoms. The van der Waals surface area contributed by atoms with Crippen LogP contribution < -0.4 is 5.32 Å². The highest BCUT2D eigenvalue weighted by Gasteiger charge is 2.22. The number of hydrogen-bond acceptors (Lipinski definition) is 4. The van der Waals surface area contributed by atoms with Crippen molar-refractivity contribution in [3.8, 4) is 0 Å². The van der Waals surface area contributed by atoms with Gasteiger partial charge in [0.25, 0.3) is 0 Å². The lowest BCUT2D eigenvalue weighted by Gasteiger charge is -2.21. The number of unbranched alkanes of at least 4 members (excludes halogenated alkanes) is 12. The van der Waals surface area contributed by atoms with Crippen molar-refractivity contribution in [3.63, 3.8) is 0 Å². The molecule has 4 N–H and O–H groups in total. The van der Waals surface area contributed by atoms with Crippen molar-refractivity contribution < 1.29 is 20.1 Å². The van der Waals surface area contributed by atoms with E-state index in [0.717, 1.165) is 44.9 Å². The van der Waals surface area contributed by atoms with Crippen molar-refractivity contribution in [2.24, 2.45) is 0 Å². The molecule has 0 aliphatic rings. The van der Waals surface area contributed by atoms with Crippen molar-refractivity contribution in [3.05, 3.63) is 24.3 Å². The van der Waals surface area contributed by atoms with Crippen molar-refractivity contribution in [2.45, 2.75) is 135 Å². The van der Waals surface area contributed by atoms with Crippen LogP contribution in [-0.2, 0) is 4.79 Å². The molecule has 0 aliphatic carbocycles. The van der Waals surface area contributed by atoms with Crippen molar-refractivity contribution in [1.29, 1.82) is 0 Å². The number of carbonyl (C=O) groups excluding carboxylic acids is 1. The predicted molar refractivity (Wildman–Crippen MR) is 135 cm³/mol. The van der Waals surface area contributed by atoms with Gasteiger partial charge in [-0.25, -0.2) is 0 Å². The van der Waals surface area contributed by atoms with Gasteiger partial charge in [-0.3, -0.25) is 4.79 Å². The average molecular weight is 454 g/mol. The van der Waals surface area contributed by atoms with E-state index in [1.165, 1.54) is 51.4 Å². The Balaban J connectivity index is 3.96. The molecular weight excluding hydrogens is 402 g/mol. The topological polar surface area (TPSA) is 89.8 Å². The molecule has 0 aliphatic heterocycles. The number of aliphatic hydroxyl groups is 3. The molecule has 0 radical (unpaired) electrons. The minimum absolute atomic E-state index is 0.369. The number of amides is 1. The first-order valence-electron chi connectivity index (χ1n) is 13.2. The lowest BCUT2D eigenvalue weighted by atomic mass is 10.1. The Morgan fingerprint density at radius 2 is 1.28 bits per heavy atom. The molecule has 0 aromatic rings. The molecule has 5 heteroatoms. The minimum Gasteiger partial charge on any atom is -0.394 e. The van der Waals surface area contributed by atoms with Crippen LogP contribution in [0.25, 0.3) is 0 Å². The molecule has 0 saturated heterocycles. The van der Waals surface area contributed by atoms with Gasteiger partial charge >= 0.3 is 0 Å². The molecule has 3 atom stereocenters. The molecular formula is C27H51NO4. The van der Waals surface area contributed by atoms with E-state index in [4.69, 9.17) is 0 Å². The summed E-state index contributed by atoms with van der Waals surface area (Å²) in [6, 6.07) is -0.796. The van der Waals surface area contributed by atoms with E-state index >= 15 is 0 Å². The largest absolute Gasteiger partial charge is 0.394 e. The van der Waals surface area contributed by atoms with Crippen LogP contribution in [0.1, 0.15) is 117 Å². The zero-order chi connectivity index (χ0) is 23.9.